The van der Waals surface area contributed by atoms with Gasteiger partial charge in [-0.1, -0.05) is 18.2 Å². The Bertz CT molecular complexity index is 414. The van der Waals surface area contributed by atoms with Crippen molar-refractivity contribution >= 4 is 5.91 Å². The van der Waals surface area contributed by atoms with Gasteiger partial charge in [-0.25, -0.2) is 5.84 Å². The summed E-state index contributed by atoms with van der Waals surface area (Å²) < 4.78 is 5.26. The van der Waals surface area contributed by atoms with Crippen molar-refractivity contribution in [1.82, 2.24) is 10.7 Å². The Labute approximate surface area is 111 Å². The van der Waals surface area contributed by atoms with Crippen LogP contribution < -0.4 is 21.3 Å². The van der Waals surface area contributed by atoms with Crippen LogP contribution in [0.5, 0.6) is 5.75 Å². The predicted molar refractivity (Wildman–Crippen MR) is 69.2 cm³/mol. The van der Waals surface area contributed by atoms with E-state index in [0.29, 0.717) is 11.3 Å². The number of benzene rings is 1. The lowest BCUT2D eigenvalue weighted by atomic mass is 10.0. The van der Waals surface area contributed by atoms with Crippen LogP contribution in [0.15, 0.2) is 24.3 Å². The van der Waals surface area contributed by atoms with Crippen LogP contribution >= 0.6 is 0 Å². The van der Waals surface area contributed by atoms with E-state index in [4.69, 9.17) is 10.6 Å². The molecule has 0 fully saturated rings. The summed E-state index contributed by atoms with van der Waals surface area (Å²) in [6.07, 6.45) is -2.08. The van der Waals surface area contributed by atoms with Crippen molar-refractivity contribution in [2.45, 2.75) is 12.2 Å². The van der Waals surface area contributed by atoms with Crippen LogP contribution in [-0.4, -0.2) is 42.4 Å². The molecule has 0 aliphatic heterocycles. The summed E-state index contributed by atoms with van der Waals surface area (Å²) in [6, 6.07) is 6.64. The molecule has 2 atom stereocenters. The molecule has 106 valence electrons. The summed E-state index contributed by atoms with van der Waals surface area (Å²) in [5.74, 6) is 4.79. The molecule has 1 aromatic rings. The van der Waals surface area contributed by atoms with Crippen LogP contribution in [0.4, 0.5) is 0 Å². The highest BCUT2D eigenvalue weighted by molar-refractivity contribution is 5.76. The minimum absolute atomic E-state index is 0.235. The molecule has 1 rings (SSSR count). The standard InChI is InChI=1S/C12H19N3O4/c1-14-6-9(16)12(18)8-4-2-3-5-10(8)19-7-11(17)15-13/h2-5,9,12,14,16,18H,6-7,13H2,1H3,(H,15,17). The minimum Gasteiger partial charge on any atom is -0.483 e. The second-order valence-electron chi connectivity index (χ2n) is 3.96. The largest absolute Gasteiger partial charge is 0.483 e. The zero-order valence-corrected chi connectivity index (χ0v) is 10.7. The number of amides is 1. The van der Waals surface area contributed by atoms with Gasteiger partial charge in [-0.3, -0.25) is 10.2 Å². The van der Waals surface area contributed by atoms with Gasteiger partial charge in [0.2, 0.25) is 0 Å². The van der Waals surface area contributed by atoms with Gasteiger partial charge in [0.25, 0.3) is 5.91 Å². The van der Waals surface area contributed by atoms with Gasteiger partial charge < -0.3 is 20.3 Å². The number of hydrogen-bond acceptors (Lipinski definition) is 6. The zero-order chi connectivity index (χ0) is 14.3. The molecule has 0 spiro atoms. The number of rotatable bonds is 7. The highest BCUT2D eigenvalue weighted by atomic mass is 16.5. The Balaban J connectivity index is 2.80. The van der Waals surface area contributed by atoms with E-state index in [2.05, 4.69) is 5.32 Å². The molecule has 0 heterocycles. The monoisotopic (exact) mass is 269 g/mol. The molecule has 6 N–H and O–H groups in total. The lowest BCUT2D eigenvalue weighted by Crippen LogP contribution is -2.34. The van der Waals surface area contributed by atoms with Gasteiger partial charge in [-0.2, -0.15) is 0 Å². The molecule has 0 saturated carbocycles. The molecule has 0 aliphatic carbocycles. The summed E-state index contributed by atoms with van der Waals surface area (Å²) in [7, 11) is 1.67. The molecular formula is C12H19N3O4. The van der Waals surface area contributed by atoms with E-state index in [0.717, 1.165) is 0 Å². The Morgan fingerprint density at radius 3 is 2.74 bits per heavy atom. The second-order valence-corrected chi connectivity index (χ2v) is 3.96. The first-order valence-corrected chi connectivity index (χ1v) is 5.82. The number of nitrogens with one attached hydrogen (secondary N) is 2. The third kappa shape index (κ3) is 4.49. The number of aliphatic hydroxyl groups is 2. The van der Waals surface area contributed by atoms with Gasteiger partial charge in [0.15, 0.2) is 6.61 Å². The average molecular weight is 269 g/mol. The minimum atomic E-state index is -1.11. The first-order chi connectivity index (χ1) is 9.10. The summed E-state index contributed by atoms with van der Waals surface area (Å²) in [5.41, 5.74) is 2.35. The third-order valence-corrected chi connectivity index (χ3v) is 2.54. The molecular weight excluding hydrogens is 250 g/mol. The Kier molecular flexibility index (Phi) is 6.23. The number of hydrogen-bond donors (Lipinski definition) is 5. The van der Waals surface area contributed by atoms with Gasteiger partial charge in [0, 0.05) is 12.1 Å². The zero-order valence-electron chi connectivity index (χ0n) is 10.7. The van der Waals surface area contributed by atoms with Gasteiger partial charge in [-0.15, -0.1) is 0 Å². The van der Waals surface area contributed by atoms with Crippen molar-refractivity contribution in [2.75, 3.05) is 20.2 Å². The third-order valence-electron chi connectivity index (χ3n) is 2.54. The molecule has 0 aromatic heterocycles. The Morgan fingerprint density at radius 1 is 1.42 bits per heavy atom. The fraction of sp³-hybridized carbons (Fsp3) is 0.417. The second kappa shape index (κ2) is 7.70. The molecule has 0 radical (unpaired) electrons. The lowest BCUT2D eigenvalue weighted by molar-refractivity contribution is -0.123. The van der Waals surface area contributed by atoms with E-state index in [1.165, 1.54) is 0 Å². The molecule has 1 amide bonds. The highest BCUT2D eigenvalue weighted by Crippen LogP contribution is 2.27. The summed E-state index contributed by atoms with van der Waals surface area (Å²) in [4.78, 5) is 11.0. The van der Waals surface area contributed by atoms with Crippen LogP contribution in [0, 0.1) is 0 Å². The maximum absolute atomic E-state index is 11.0. The Morgan fingerprint density at radius 2 is 2.11 bits per heavy atom. The molecule has 0 saturated heterocycles. The molecule has 0 bridgehead atoms. The van der Waals surface area contributed by atoms with Crippen molar-refractivity contribution in [1.29, 1.82) is 0 Å². The van der Waals surface area contributed by atoms with E-state index >= 15 is 0 Å². The smallest absolute Gasteiger partial charge is 0.271 e. The van der Waals surface area contributed by atoms with Crippen molar-refractivity contribution in [3.63, 3.8) is 0 Å². The average Bonchev–Trinajstić information content (AvgIpc) is 2.44. The van der Waals surface area contributed by atoms with Crippen molar-refractivity contribution in [2.24, 2.45) is 5.84 Å². The van der Waals surface area contributed by atoms with Crippen LogP contribution in [0.25, 0.3) is 0 Å². The van der Waals surface area contributed by atoms with Gasteiger partial charge in [-0.05, 0) is 13.1 Å². The first-order valence-electron chi connectivity index (χ1n) is 5.82. The highest BCUT2D eigenvalue weighted by Gasteiger charge is 2.21. The number of likely N-dealkylation sites (N-methyl/N-ethyl adjacent to an activating group) is 1. The van der Waals surface area contributed by atoms with Crippen LogP contribution in [0.1, 0.15) is 11.7 Å². The number of hydrazine groups is 1. The molecule has 7 heteroatoms. The number of nitrogens with two attached hydrogens (primary N) is 1. The maximum Gasteiger partial charge on any atom is 0.271 e. The van der Waals surface area contributed by atoms with Gasteiger partial charge in [0.05, 0.1) is 6.10 Å². The van der Waals surface area contributed by atoms with Crippen LogP contribution in [-0.2, 0) is 4.79 Å². The summed E-state index contributed by atoms with van der Waals surface area (Å²) >= 11 is 0. The van der Waals surface area contributed by atoms with E-state index in [1.807, 2.05) is 5.43 Å². The molecule has 2 unspecified atom stereocenters. The summed E-state index contributed by atoms with van der Waals surface area (Å²) in [5, 5.41) is 22.5. The maximum atomic E-state index is 11.0. The number of aliphatic hydroxyl groups excluding tert-OH is 2. The molecule has 0 aliphatic rings. The topological polar surface area (TPSA) is 117 Å². The number of carbonyl (C=O) groups excluding carboxylic acids is 1. The predicted octanol–water partition coefficient (Wildman–Crippen LogP) is -1.33. The number of carbonyl (C=O) groups is 1. The van der Waals surface area contributed by atoms with Gasteiger partial charge in [0.1, 0.15) is 11.9 Å². The molecule has 1 aromatic carbocycles. The number of ether oxygens (including phenoxy) is 1. The fourth-order valence-corrected chi connectivity index (χ4v) is 1.57. The van der Waals surface area contributed by atoms with Crippen molar-refractivity contribution in [3.8, 4) is 5.75 Å². The quantitative estimate of drug-likeness (QED) is 0.238. The Hall–Kier alpha value is -1.67. The normalized spacial score (nSPS) is 13.7. The first kappa shape index (κ1) is 15.4. The van der Waals surface area contributed by atoms with E-state index < -0.39 is 18.1 Å². The van der Waals surface area contributed by atoms with Crippen LogP contribution in [0.2, 0.25) is 0 Å². The lowest BCUT2D eigenvalue weighted by Gasteiger charge is -2.20. The van der Waals surface area contributed by atoms with Crippen LogP contribution in [0.3, 0.4) is 0 Å². The van der Waals surface area contributed by atoms with Crippen molar-refractivity contribution < 1.29 is 19.7 Å². The van der Waals surface area contributed by atoms with E-state index in [1.54, 1.807) is 31.3 Å². The fourth-order valence-electron chi connectivity index (χ4n) is 1.57. The van der Waals surface area contributed by atoms with E-state index in [9.17, 15) is 15.0 Å². The number of para-hydroxylation sites is 1. The molecule has 7 nitrogen and oxygen atoms in total. The molecule has 19 heavy (non-hydrogen) atoms. The summed E-state index contributed by atoms with van der Waals surface area (Å²) in [6.45, 7) is -0.0266. The SMILES string of the molecule is CNCC(O)C(O)c1ccccc1OCC(=O)NN. The van der Waals surface area contributed by atoms with E-state index in [-0.39, 0.29) is 13.2 Å². The van der Waals surface area contributed by atoms with Gasteiger partial charge >= 0.3 is 0 Å². The van der Waals surface area contributed by atoms with Crippen molar-refractivity contribution in [3.05, 3.63) is 29.8 Å².